The summed E-state index contributed by atoms with van der Waals surface area (Å²) in [5.41, 5.74) is 1.18. The normalized spacial score (nSPS) is 24.9. The van der Waals surface area contributed by atoms with Crippen molar-refractivity contribution in [1.29, 1.82) is 0 Å². The number of rotatable bonds is 6. The van der Waals surface area contributed by atoms with Crippen molar-refractivity contribution >= 4 is 11.6 Å². The first kappa shape index (κ1) is 12.9. The van der Waals surface area contributed by atoms with Gasteiger partial charge in [-0.25, -0.2) is 0 Å². The molecule has 0 bridgehead atoms. The molecule has 17 heavy (non-hydrogen) atoms. The van der Waals surface area contributed by atoms with E-state index in [-0.39, 0.29) is 0 Å². The maximum Gasteiger partial charge on any atom is 0.0834 e. The van der Waals surface area contributed by atoms with E-state index in [1.807, 2.05) is 4.68 Å². The van der Waals surface area contributed by atoms with Gasteiger partial charge in [0.25, 0.3) is 0 Å². The third-order valence-corrected chi connectivity index (χ3v) is 3.93. The predicted octanol–water partition coefficient (Wildman–Crippen LogP) is 3.25. The highest BCUT2D eigenvalue weighted by atomic mass is 35.5. The summed E-state index contributed by atoms with van der Waals surface area (Å²) in [6.07, 6.45) is 4.22. The van der Waals surface area contributed by atoms with Gasteiger partial charge in [-0.1, -0.05) is 25.4 Å². The lowest BCUT2D eigenvalue weighted by atomic mass is 10.1. The first-order valence-electron chi connectivity index (χ1n) is 6.63. The monoisotopic (exact) mass is 255 g/mol. The fourth-order valence-corrected chi connectivity index (χ4v) is 2.76. The molecule has 1 heterocycles. The molecule has 0 spiro atoms. The van der Waals surface area contributed by atoms with Gasteiger partial charge in [-0.3, -0.25) is 4.68 Å². The minimum atomic E-state index is 0.375. The summed E-state index contributed by atoms with van der Waals surface area (Å²) in [6.45, 7) is 8.54. The second-order valence-electron chi connectivity index (χ2n) is 5.00. The van der Waals surface area contributed by atoms with Gasteiger partial charge in [-0.05, 0) is 38.1 Å². The molecule has 4 heteroatoms. The lowest BCUT2D eigenvalue weighted by Crippen LogP contribution is -2.27. The molecule has 1 aliphatic rings. The number of halogens is 1. The van der Waals surface area contributed by atoms with E-state index in [0.717, 1.165) is 36.4 Å². The Bertz CT molecular complexity index is 375. The molecule has 1 saturated carbocycles. The number of hydrogen-bond donors (Lipinski definition) is 1. The Hall–Kier alpha value is -0.540. The highest BCUT2D eigenvalue weighted by molar-refractivity contribution is 6.31. The summed E-state index contributed by atoms with van der Waals surface area (Å²) in [4.78, 5) is 0. The highest BCUT2D eigenvalue weighted by Crippen LogP contribution is 2.48. The second kappa shape index (κ2) is 5.40. The molecule has 1 N–H and O–H groups in total. The van der Waals surface area contributed by atoms with Crippen LogP contribution in [0, 0.1) is 11.8 Å². The van der Waals surface area contributed by atoms with Gasteiger partial charge in [-0.2, -0.15) is 5.10 Å². The molecule has 3 nitrogen and oxygen atoms in total. The Kier molecular flexibility index (Phi) is 4.10. The summed E-state index contributed by atoms with van der Waals surface area (Å²) >= 11 is 6.29. The van der Waals surface area contributed by atoms with Crippen molar-refractivity contribution in [2.45, 2.75) is 46.2 Å². The quantitative estimate of drug-likeness (QED) is 0.846. The van der Waals surface area contributed by atoms with E-state index in [4.69, 9.17) is 11.6 Å². The molecule has 0 amide bonds. The van der Waals surface area contributed by atoms with Crippen LogP contribution in [0.25, 0.3) is 0 Å². The van der Waals surface area contributed by atoms with Crippen LogP contribution in [0.15, 0.2) is 6.20 Å². The van der Waals surface area contributed by atoms with Crippen molar-refractivity contribution in [1.82, 2.24) is 15.1 Å². The van der Waals surface area contributed by atoms with Crippen molar-refractivity contribution in [2.75, 3.05) is 6.54 Å². The Morgan fingerprint density at radius 3 is 2.82 bits per heavy atom. The van der Waals surface area contributed by atoms with Crippen LogP contribution in [0.1, 0.15) is 45.3 Å². The first-order valence-corrected chi connectivity index (χ1v) is 7.01. The van der Waals surface area contributed by atoms with Crippen LogP contribution in [-0.4, -0.2) is 16.3 Å². The van der Waals surface area contributed by atoms with E-state index in [0.29, 0.717) is 6.04 Å². The molecule has 3 atom stereocenters. The van der Waals surface area contributed by atoms with Gasteiger partial charge in [0, 0.05) is 6.54 Å². The third kappa shape index (κ3) is 2.66. The van der Waals surface area contributed by atoms with Crippen molar-refractivity contribution < 1.29 is 0 Å². The topological polar surface area (TPSA) is 29.9 Å². The fourth-order valence-electron chi connectivity index (χ4n) is 2.50. The van der Waals surface area contributed by atoms with E-state index in [1.54, 1.807) is 6.20 Å². The summed E-state index contributed by atoms with van der Waals surface area (Å²) in [5.74, 6) is 1.53. The number of aryl methyl sites for hydroxylation is 1. The van der Waals surface area contributed by atoms with Crippen molar-refractivity contribution in [3.63, 3.8) is 0 Å². The van der Waals surface area contributed by atoms with E-state index >= 15 is 0 Å². The van der Waals surface area contributed by atoms with E-state index in [2.05, 4.69) is 31.2 Å². The minimum Gasteiger partial charge on any atom is -0.308 e. The molecule has 96 valence electrons. The van der Waals surface area contributed by atoms with Crippen molar-refractivity contribution in [2.24, 2.45) is 11.8 Å². The number of nitrogens with zero attached hydrogens (tertiary/aromatic N) is 2. The molecule has 3 unspecified atom stereocenters. The van der Waals surface area contributed by atoms with Gasteiger partial charge >= 0.3 is 0 Å². The highest BCUT2D eigenvalue weighted by Gasteiger charge is 2.41. The van der Waals surface area contributed by atoms with Crippen LogP contribution in [-0.2, 0) is 6.54 Å². The molecule has 0 radical (unpaired) electrons. The van der Waals surface area contributed by atoms with Crippen LogP contribution in [0.5, 0.6) is 0 Å². The van der Waals surface area contributed by atoms with Crippen LogP contribution in [0.3, 0.4) is 0 Å². The number of aromatic nitrogens is 2. The Morgan fingerprint density at radius 2 is 2.29 bits per heavy atom. The molecule has 1 aromatic heterocycles. The number of hydrogen-bond acceptors (Lipinski definition) is 2. The molecule has 1 aromatic rings. The van der Waals surface area contributed by atoms with Gasteiger partial charge < -0.3 is 5.32 Å². The van der Waals surface area contributed by atoms with Gasteiger partial charge in [0.05, 0.1) is 23.0 Å². The molecule has 1 fully saturated rings. The molecular formula is C13H22ClN3. The molecular weight excluding hydrogens is 234 g/mol. The molecule has 0 saturated heterocycles. The minimum absolute atomic E-state index is 0.375. The predicted molar refractivity (Wildman–Crippen MR) is 71.2 cm³/mol. The van der Waals surface area contributed by atoms with Crippen LogP contribution >= 0.6 is 11.6 Å². The summed E-state index contributed by atoms with van der Waals surface area (Å²) in [6, 6.07) is 0.375. The maximum atomic E-state index is 6.29. The largest absolute Gasteiger partial charge is 0.308 e. The zero-order valence-corrected chi connectivity index (χ0v) is 11.7. The summed E-state index contributed by atoms with van der Waals surface area (Å²) < 4.78 is 2.03. The zero-order chi connectivity index (χ0) is 12.4. The third-order valence-electron chi connectivity index (χ3n) is 3.64. The van der Waals surface area contributed by atoms with Gasteiger partial charge in [-0.15, -0.1) is 0 Å². The van der Waals surface area contributed by atoms with Gasteiger partial charge in [0.15, 0.2) is 0 Å². The van der Waals surface area contributed by atoms with E-state index < -0.39 is 0 Å². The molecule has 1 aliphatic carbocycles. The summed E-state index contributed by atoms with van der Waals surface area (Å²) in [7, 11) is 0. The molecule has 0 aromatic carbocycles. The Balaban J connectivity index is 2.21. The van der Waals surface area contributed by atoms with Crippen LogP contribution in [0.4, 0.5) is 0 Å². The maximum absolute atomic E-state index is 6.29. The zero-order valence-electron chi connectivity index (χ0n) is 10.9. The summed E-state index contributed by atoms with van der Waals surface area (Å²) in [5, 5.41) is 8.78. The Labute approximate surface area is 109 Å². The smallest absolute Gasteiger partial charge is 0.0834 e. The standard InChI is InChI=1S/C13H22ClN3/c1-4-6-15-12(10-7-9(10)3)13-11(14)8-16-17(13)5-2/h8-10,12,15H,4-7H2,1-3H3. The van der Waals surface area contributed by atoms with E-state index in [1.165, 1.54) is 12.1 Å². The van der Waals surface area contributed by atoms with E-state index in [9.17, 15) is 0 Å². The van der Waals surface area contributed by atoms with Crippen LogP contribution < -0.4 is 5.32 Å². The lowest BCUT2D eigenvalue weighted by molar-refractivity contribution is 0.427. The van der Waals surface area contributed by atoms with Crippen molar-refractivity contribution in [3.8, 4) is 0 Å². The SMILES string of the molecule is CCCNC(c1c(Cl)cnn1CC)C1CC1C. The van der Waals surface area contributed by atoms with Gasteiger partial charge in [0.1, 0.15) is 0 Å². The first-order chi connectivity index (χ1) is 8.19. The molecule has 0 aliphatic heterocycles. The Morgan fingerprint density at radius 1 is 1.59 bits per heavy atom. The lowest BCUT2D eigenvalue weighted by Gasteiger charge is -2.20. The van der Waals surface area contributed by atoms with Crippen LogP contribution in [0.2, 0.25) is 5.02 Å². The van der Waals surface area contributed by atoms with Crippen molar-refractivity contribution in [3.05, 3.63) is 16.9 Å². The average Bonchev–Trinajstić information content (AvgIpc) is 2.92. The second-order valence-corrected chi connectivity index (χ2v) is 5.41. The van der Waals surface area contributed by atoms with Gasteiger partial charge in [0.2, 0.25) is 0 Å². The average molecular weight is 256 g/mol. The fraction of sp³-hybridized carbons (Fsp3) is 0.769. The number of nitrogens with one attached hydrogen (secondary N) is 1. The molecule has 2 rings (SSSR count).